The van der Waals surface area contributed by atoms with Crippen LogP contribution in [0, 0.1) is 0 Å². The normalized spacial score (nSPS) is 16.3. The van der Waals surface area contributed by atoms with Gasteiger partial charge in [0.1, 0.15) is 0 Å². The van der Waals surface area contributed by atoms with Crippen molar-refractivity contribution in [1.82, 2.24) is 15.2 Å². The van der Waals surface area contributed by atoms with E-state index in [1.807, 2.05) is 0 Å². The zero-order chi connectivity index (χ0) is 15.5. The molecule has 0 unspecified atom stereocenters. The van der Waals surface area contributed by atoms with Crippen LogP contribution in [0.4, 0.5) is 0 Å². The zero-order valence-corrected chi connectivity index (χ0v) is 14.0. The highest BCUT2D eigenvalue weighted by Crippen LogP contribution is 2.26. The van der Waals surface area contributed by atoms with E-state index in [0.29, 0.717) is 5.92 Å². The maximum absolute atomic E-state index is 11.8. The van der Waals surface area contributed by atoms with Gasteiger partial charge < -0.3 is 10.3 Å². The highest BCUT2D eigenvalue weighted by molar-refractivity contribution is 7.09. The number of aromatic nitrogens is 1. The fourth-order valence-corrected chi connectivity index (χ4v) is 3.71. The van der Waals surface area contributed by atoms with Gasteiger partial charge in [0.05, 0.1) is 5.69 Å². The van der Waals surface area contributed by atoms with Gasteiger partial charge in [-0.25, -0.2) is 0 Å². The lowest BCUT2D eigenvalue weighted by Crippen LogP contribution is -2.42. The van der Waals surface area contributed by atoms with E-state index in [9.17, 15) is 4.79 Å². The monoisotopic (exact) mass is 317 g/mol. The topological polar surface area (TPSA) is 48.1 Å². The lowest BCUT2D eigenvalue weighted by atomic mass is 10.0. The molecule has 0 radical (unpaired) electrons. The van der Waals surface area contributed by atoms with E-state index in [-0.39, 0.29) is 4.87 Å². The predicted octanol–water partition coefficient (Wildman–Crippen LogP) is 2.63. The van der Waals surface area contributed by atoms with Crippen LogP contribution in [-0.2, 0) is 6.54 Å². The van der Waals surface area contributed by atoms with Gasteiger partial charge in [-0.1, -0.05) is 49.4 Å². The third kappa shape index (κ3) is 3.48. The number of aromatic amines is 1. The first-order valence-corrected chi connectivity index (χ1v) is 8.70. The van der Waals surface area contributed by atoms with Gasteiger partial charge in [0.2, 0.25) is 0 Å². The Labute approximate surface area is 135 Å². The SMILES string of the molecule is CC(C)c1ccc(-c2[nH]c(=O)sc2CN2CCNCC2)cc1. The first-order valence-electron chi connectivity index (χ1n) is 7.89. The van der Waals surface area contributed by atoms with E-state index >= 15 is 0 Å². The van der Waals surface area contributed by atoms with Crippen molar-refractivity contribution in [3.8, 4) is 11.3 Å². The summed E-state index contributed by atoms with van der Waals surface area (Å²) in [6, 6.07) is 8.55. The van der Waals surface area contributed by atoms with Crippen molar-refractivity contribution in [2.75, 3.05) is 26.2 Å². The Kier molecular flexibility index (Phi) is 4.76. The van der Waals surface area contributed by atoms with E-state index in [1.54, 1.807) is 0 Å². The first kappa shape index (κ1) is 15.5. The van der Waals surface area contributed by atoms with E-state index in [2.05, 4.69) is 53.3 Å². The molecular weight excluding hydrogens is 294 g/mol. The van der Waals surface area contributed by atoms with E-state index in [1.165, 1.54) is 16.9 Å². The molecule has 118 valence electrons. The van der Waals surface area contributed by atoms with Gasteiger partial charge in [-0.2, -0.15) is 0 Å². The standard InChI is InChI=1S/C17H23N3OS/c1-12(2)13-3-5-14(6-4-13)16-15(22-17(21)19-16)11-20-9-7-18-8-10-20/h3-6,12,18H,7-11H2,1-2H3,(H,19,21). The van der Waals surface area contributed by atoms with Gasteiger partial charge in [0.25, 0.3) is 0 Å². The molecule has 1 saturated heterocycles. The van der Waals surface area contributed by atoms with Crippen molar-refractivity contribution in [2.45, 2.75) is 26.3 Å². The van der Waals surface area contributed by atoms with Crippen LogP contribution in [-0.4, -0.2) is 36.1 Å². The maximum atomic E-state index is 11.8. The summed E-state index contributed by atoms with van der Waals surface area (Å²) >= 11 is 1.34. The fraction of sp³-hybridized carbons (Fsp3) is 0.471. The first-order chi connectivity index (χ1) is 10.6. The Bertz CT molecular complexity index is 666. The Morgan fingerprint density at radius 3 is 2.50 bits per heavy atom. The quantitative estimate of drug-likeness (QED) is 0.911. The van der Waals surface area contributed by atoms with Gasteiger partial charge in [-0.15, -0.1) is 0 Å². The summed E-state index contributed by atoms with van der Waals surface area (Å²) in [4.78, 5) is 18.4. The number of hydrogen-bond acceptors (Lipinski definition) is 4. The summed E-state index contributed by atoms with van der Waals surface area (Å²) < 4.78 is 0. The minimum absolute atomic E-state index is 0.0353. The molecule has 1 aliphatic heterocycles. The molecule has 0 saturated carbocycles. The molecule has 3 rings (SSSR count). The fourth-order valence-electron chi connectivity index (χ4n) is 2.81. The number of benzene rings is 1. The van der Waals surface area contributed by atoms with Crippen LogP contribution in [0.3, 0.4) is 0 Å². The van der Waals surface area contributed by atoms with Crippen molar-refractivity contribution in [2.24, 2.45) is 0 Å². The molecule has 5 heteroatoms. The lowest BCUT2D eigenvalue weighted by Gasteiger charge is -2.26. The minimum atomic E-state index is 0.0353. The highest BCUT2D eigenvalue weighted by Gasteiger charge is 2.16. The number of hydrogen-bond donors (Lipinski definition) is 2. The molecule has 0 aliphatic carbocycles. The lowest BCUT2D eigenvalue weighted by molar-refractivity contribution is 0.235. The molecule has 1 fully saturated rings. The Morgan fingerprint density at radius 2 is 1.86 bits per heavy atom. The number of H-pyrrole nitrogens is 1. The average molecular weight is 317 g/mol. The van der Waals surface area contributed by atoms with Gasteiger partial charge in [-0.05, 0) is 17.0 Å². The summed E-state index contributed by atoms with van der Waals surface area (Å²) in [5.41, 5.74) is 3.42. The van der Waals surface area contributed by atoms with Gasteiger partial charge in [-0.3, -0.25) is 9.69 Å². The summed E-state index contributed by atoms with van der Waals surface area (Å²) in [6.07, 6.45) is 0. The van der Waals surface area contributed by atoms with E-state index in [0.717, 1.165) is 48.9 Å². The number of thiazole rings is 1. The van der Waals surface area contributed by atoms with Crippen molar-refractivity contribution in [3.63, 3.8) is 0 Å². The van der Waals surface area contributed by atoms with Gasteiger partial charge >= 0.3 is 4.87 Å². The molecule has 2 heterocycles. The van der Waals surface area contributed by atoms with Gasteiger partial charge in [0.15, 0.2) is 0 Å². The zero-order valence-electron chi connectivity index (χ0n) is 13.2. The van der Waals surface area contributed by atoms with E-state index < -0.39 is 0 Å². The van der Waals surface area contributed by atoms with Crippen LogP contribution in [0.25, 0.3) is 11.3 Å². The summed E-state index contributed by atoms with van der Waals surface area (Å²) in [5.74, 6) is 0.524. The van der Waals surface area contributed by atoms with E-state index in [4.69, 9.17) is 0 Å². The second-order valence-corrected chi connectivity index (χ2v) is 7.18. The smallest absolute Gasteiger partial charge is 0.305 e. The van der Waals surface area contributed by atoms with Crippen LogP contribution in [0.1, 0.15) is 30.2 Å². The molecule has 2 aromatic rings. The highest BCUT2D eigenvalue weighted by atomic mass is 32.1. The molecule has 1 aromatic carbocycles. The Hall–Kier alpha value is -1.43. The van der Waals surface area contributed by atoms with Crippen molar-refractivity contribution >= 4 is 11.3 Å². The van der Waals surface area contributed by atoms with Crippen LogP contribution < -0.4 is 10.2 Å². The summed E-state index contributed by atoms with van der Waals surface area (Å²) in [6.45, 7) is 9.37. The average Bonchev–Trinajstić information content (AvgIpc) is 2.89. The number of nitrogens with one attached hydrogen (secondary N) is 2. The molecule has 0 bridgehead atoms. The largest absolute Gasteiger partial charge is 0.314 e. The molecular formula is C17H23N3OS. The summed E-state index contributed by atoms with van der Waals surface area (Å²) in [5, 5.41) is 3.36. The number of piperazine rings is 1. The second kappa shape index (κ2) is 6.77. The van der Waals surface area contributed by atoms with Crippen LogP contribution in [0.5, 0.6) is 0 Å². The molecule has 0 amide bonds. The van der Waals surface area contributed by atoms with Crippen LogP contribution in [0.2, 0.25) is 0 Å². The van der Waals surface area contributed by atoms with Gasteiger partial charge in [0, 0.05) is 37.6 Å². The molecule has 2 N–H and O–H groups in total. The molecule has 4 nitrogen and oxygen atoms in total. The number of rotatable bonds is 4. The Morgan fingerprint density at radius 1 is 1.18 bits per heavy atom. The molecule has 0 atom stereocenters. The maximum Gasteiger partial charge on any atom is 0.305 e. The predicted molar refractivity (Wildman–Crippen MR) is 92.6 cm³/mol. The van der Waals surface area contributed by atoms with Crippen LogP contribution in [0.15, 0.2) is 29.1 Å². The van der Waals surface area contributed by atoms with Crippen molar-refractivity contribution in [3.05, 3.63) is 44.4 Å². The third-order valence-corrected chi connectivity index (χ3v) is 5.03. The Balaban J connectivity index is 1.85. The molecule has 1 aliphatic rings. The molecule has 0 spiro atoms. The van der Waals surface area contributed by atoms with Crippen molar-refractivity contribution in [1.29, 1.82) is 0 Å². The molecule has 1 aromatic heterocycles. The summed E-state index contributed by atoms with van der Waals surface area (Å²) in [7, 11) is 0. The van der Waals surface area contributed by atoms with Crippen molar-refractivity contribution < 1.29 is 0 Å². The molecule has 22 heavy (non-hydrogen) atoms. The second-order valence-electron chi connectivity index (χ2n) is 6.12. The number of nitrogens with zero attached hydrogens (tertiary/aromatic N) is 1. The minimum Gasteiger partial charge on any atom is -0.314 e. The van der Waals surface area contributed by atoms with Crippen LogP contribution >= 0.6 is 11.3 Å². The third-order valence-electron chi connectivity index (χ3n) is 4.16.